The van der Waals surface area contributed by atoms with Crippen molar-refractivity contribution in [1.29, 1.82) is 0 Å². The number of aliphatic hydroxyl groups is 10. The predicted molar refractivity (Wildman–Crippen MR) is 231 cm³/mol. The topological polar surface area (TPSA) is 312 Å². The normalized spacial score (nSPS) is 52.6. The van der Waals surface area contributed by atoms with Crippen molar-refractivity contribution in [3.8, 4) is 0 Å². The number of hydrogen-bond donors (Lipinski definition) is 11. The maximum Gasteiger partial charge on any atom is 0.335 e. The molecule has 0 aromatic heterocycles. The molecule has 0 amide bonds. The van der Waals surface area contributed by atoms with Crippen molar-refractivity contribution >= 4 is 11.9 Å². The lowest BCUT2D eigenvalue weighted by Gasteiger charge is -2.71. The summed E-state index contributed by atoms with van der Waals surface area (Å²) in [4.78, 5) is 27.3. The lowest BCUT2D eigenvalue weighted by Crippen LogP contribution is -2.67. The highest BCUT2D eigenvalue weighted by atomic mass is 16.7. The van der Waals surface area contributed by atoms with Gasteiger partial charge in [-0.15, -0.1) is 0 Å². The SMILES string of the molecule is CC1(C)CCC2(C(=O)OC3OC(CO)C(O)C(O)C3O)CCC3(C)C(=CCC4C5(C)CCC(OC6OC(C(=O)O)C(OC7OC(CO)C(O)C(O)C7O)C(O)C6O)C(C)(C)C5CCC43C)C2C1. The van der Waals surface area contributed by atoms with Crippen molar-refractivity contribution in [2.45, 2.75) is 211 Å². The van der Waals surface area contributed by atoms with Crippen LogP contribution in [-0.2, 0) is 38.0 Å². The number of allylic oxidation sites excluding steroid dienone is 2. The summed E-state index contributed by atoms with van der Waals surface area (Å²) in [7, 11) is 0. The van der Waals surface area contributed by atoms with Crippen LogP contribution in [0.3, 0.4) is 0 Å². The largest absolute Gasteiger partial charge is 0.479 e. The Balaban J connectivity index is 1.01. The molecule has 7 fully saturated rings. The second-order valence-corrected chi connectivity index (χ2v) is 23.5. The molecule has 8 aliphatic rings. The quantitative estimate of drug-likeness (QED) is 0.0838. The molecular weight excluding hydrogens is 881 g/mol. The van der Waals surface area contributed by atoms with Gasteiger partial charge in [-0.1, -0.05) is 60.1 Å². The Morgan fingerprint density at radius 1 is 0.642 bits per heavy atom. The average molecular weight is 957 g/mol. The maximum absolute atomic E-state index is 14.7. The number of carboxylic acids is 1. The van der Waals surface area contributed by atoms with Crippen LogP contribution in [0.25, 0.3) is 0 Å². The fourth-order valence-corrected chi connectivity index (χ4v) is 15.0. The summed E-state index contributed by atoms with van der Waals surface area (Å²) in [6, 6.07) is 0. The molecule has 0 aromatic rings. The molecule has 67 heavy (non-hydrogen) atoms. The van der Waals surface area contributed by atoms with Crippen molar-refractivity contribution in [3.63, 3.8) is 0 Å². The van der Waals surface area contributed by atoms with Gasteiger partial charge in [-0.05, 0) is 109 Å². The van der Waals surface area contributed by atoms with E-state index in [4.69, 9.17) is 28.4 Å². The molecule has 23 unspecified atom stereocenters. The van der Waals surface area contributed by atoms with E-state index in [1.54, 1.807) is 0 Å². The van der Waals surface area contributed by atoms with E-state index in [1.165, 1.54) is 5.57 Å². The average Bonchev–Trinajstić information content (AvgIpc) is 3.26. The summed E-state index contributed by atoms with van der Waals surface area (Å²) in [6.07, 6.45) is -16.3. The third-order valence-corrected chi connectivity index (χ3v) is 19.3. The Labute approximate surface area is 391 Å². The zero-order valence-corrected chi connectivity index (χ0v) is 39.7. The van der Waals surface area contributed by atoms with Crippen LogP contribution in [0, 0.1) is 50.2 Å². The third-order valence-electron chi connectivity index (χ3n) is 19.3. The standard InChI is InChI=1S/C48H76O19/c1-43(2)14-16-48(42(61)67-40-34(57)31(54)29(52)24(20-50)63-40)17-15-46(6)21(22(48)18-43)8-9-26-45(5)12-11-27(44(3,4)25(45)10-13-47(26,46)7)64-41-35(58)32(55)36(37(66-41)38(59)60)65-39-33(56)30(53)28(51)23(19-49)62-39/h8,22-37,39-41,49-58H,9-20H2,1-7H3,(H,59,60). The molecule has 0 radical (unpaired) electrons. The summed E-state index contributed by atoms with van der Waals surface area (Å²) >= 11 is 0. The van der Waals surface area contributed by atoms with Crippen molar-refractivity contribution in [2.24, 2.45) is 50.2 Å². The van der Waals surface area contributed by atoms with Crippen LogP contribution in [0.1, 0.15) is 113 Å². The Hall–Kier alpha value is -1.92. The van der Waals surface area contributed by atoms with E-state index < -0.39 is 134 Å². The van der Waals surface area contributed by atoms with Gasteiger partial charge in [-0.25, -0.2) is 4.79 Å². The minimum absolute atomic E-state index is 0.0745. The van der Waals surface area contributed by atoms with Gasteiger partial charge in [0, 0.05) is 0 Å². The highest BCUT2D eigenvalue weighted by Crippen LogP contribution is 2.76. The van der Waals surface area contributed by atoms with Crippen LogP contribution in [0.15, 0.2) is 11.6 Å². The monoisotopic (exact) mass is 956 g/mol. The van der Waals surface area contributed by atoms with Crippen molar-refractivity contribution < 1.29 is 94.2 Å². The maximum atomic E-state index is 14.7. The molecule has 5 aliphatic carbocycles. The zero-order chi connectivity index (χ0) is 49.1. The summed E-state index contributed by atoms with van der Waals surface area (Å²) < 4.78 is 35.0. The van der Waals surface area contributed by atoms with E-state index in [0.717, 1.165) is 38.5 Å². The Bertz CT molecular complexity index is 1870. The number of aliphatic hydroxyl groups excluding tert-OH is 10. The van der Waals surface area contributed by atoms with Crippen LogP contribution in [-0.4, -0.2) is 180 Å². The van der Waals surface area contributed by atoms with Crippen molar-refractivity contribution in [2.75, 3.05) is 13.2 Å². The Morgan fingerprint density at radius 2 is 1.21 bits per heavy atom. The van der Waals surface area contributed by atoms with Crippen LogP contribution >= 0.6 is 0 Å². The van der Waals surface area contributed by atoms with Gasteiger partial charge in [-0.2, -0.15) is 0 Å². The van der Waals surface area contributed by atoms with Crippen molar-refractivity contribution in [3.05, 3.63) is 11.6 Å². The molecular formula is C48H76O19. The zero-order valence-electron chi connectivity index (χ0n) is 39.7. The molecule has 0 bridgehead atoms. The second kappa shape index (κ2) is 18.0. The lowest BCUT2D eigenvalue weighted by molar-refractivity contribution is -0.363. The lowest BCUT2D eigenvalue weighted by atomic mass is 9.33. The first-order chi connectivity index (χ1) is 31.2. The van der Waals surface area contributed by atoms with Gasteiger partial charge in [0.1, 0.15) is 67.1 Å². The fraction of sp³-hybridized carbons (Fsp3) is 0.917. The number of aliphatic carboxylic acids is 1. The Morgan fingerprint density at radius 3 is 1.82 bits per heavy atom. The molecule has 3 aliphatic heterocycles. The van der Waals surface area contributed by atoms with Gasteiger partial charge in [-0.3, -0.25) is 4.79 Å². The Kier molecular flexibility index (Phi) is 13.8. The first-order valence-corrected chi connectivity index (χ1v) is 24.3. The fourth-order valence-electron chi connectivity index (χ4n) is 15.0. The summed E-state index contributed by atoms with van der Waals surface area (Å²) in [5.74, 6) is -1.88. The van der Waals surface area contributed by atoms with Crippen LogP contribution in [0.2, 0.25) is 0 Å². The van der Waals surface area contributed by atoms with Crippen molar-refractivity contribution in [1.82, 2.24) is 0 Å². The number of carboxylic acid groups (broad SMARTS) is 1. The smallest absolute Gasteiger partial charge is 0.335 e. The van der Waals surface area contributed by atoms with E-state index >= 15 is 0 Å². The minimum atomic E-state index is -1.91. The molecule has 8 rings (SSSR count). The molecule has 11 N–H and O–H groups in total. The molecule has 0 aromatic carbocycles. The van der Waals surface area contributed by atoms with Gasteiger partial charge < -0.3 is 84.6 Å². The van der Waals surface area contributed by atoms with E-state index in [1.807, 2.05) is 0 Å². The first kappa shape index (κ1) is 51.4. The highest BCUT2D eigenvalue weighted by Gasteiger charge is 2.70. The van der Waals surface area contributed by atoms with Gasteiger partial charge in [0.15, 0.2) is 18.7 Å². The van der Waals surface area contributed by atoms with E-state index in [2.05, 4.69) is 54.5 Å². The second-order valence-electron chi connectivity index (χ2n) is 23.5. The molecule has 4 saturated carbocycles. The summed E-state index contributed by atoms with van der Waals surface area (Å²) in [5, 5.41) is 115. The van der Waals surface area contributed by atoms with Gasteiger partial charge >= 0.3 is 11.9 Å². The third kappa shape index (κ3) is 8.06. The van der Waals surface area contributed by atoms with Gasteiger partial charge in [0.25, 0.3) is 0 Å². The van der Waals surface area contributed by atoms with Crippen LogP contribution in [0.4, 0.5) is 0 Å². The van der Waals surface area contributed by atoms with Gasteiger partial charge in [0.2, 0.25) is 6.29 Å². The molecule has 19 heteroatoms. The molecule has 382 valence electrons. The number of rotatable bonds is 9. The molecule has 0 spiro atoms. The van der Waals surface area contributed by atoms with Gasteiger partial charge in [0.05, 0.1) is 24.7 Å². The van der Waals surface area contributed by atoms with E-state index in [9.17, 15) is 65.8 Å². The number of hydrogen-bond acceptors (Lipinski definition) is 18. The van der Waals surface area contributed by atoms with E-state index in [0.29, 0.717) is 25.7 Å². The summed E-state index contributed by atoms with van der Waals surface area (Å²) in [6.45, 7) is 14.4. The molecule has 3 heterocycles. The number of ether oxygens (including phenoxy) is 6. The molecule has 23 atom stereocenters. The molecule has 3 saturated heterocycles. The molecule has 19 nitrogen and oxygen atoms in total. The number of fused-ring (bicyclic) bond motifs is 7. The minimum Gasteiger partial charge on any atom is -0.479 e. The van der Waals surface area contributed by atoms with Crippen LogP contribution in [0.5, 0.6) is 0 Å². The number of esters is 1. The predicted octanol–water partition coefficient (Wildman–Crippen LogP) is 0.233. The summed E-state index contributed by atoms with van der Waals surface area (Å²) in [5.41, 5.74) is -0.914. The van der Waals surface area contributed by atoms with E-state index in [-0.39, 0.29) is 39.4 Å². The highest BCUT2D eigenvalue weighted by molar-refractivity contribution is 5.79. The van der Waals surface area contributed by atoms with Crippen LogP contribution < -0.4 is 0 Å². The number of carbonyl (C=O) groups is 2. The first-order valence-electron chi connectivity index (χ1n) is 24.3. The number of carbonyl (C=O) groups excluding carboxylic acids is 1.